The molecule has 1 aliphatic carbocycles. The largest absolute Gasteiger partial charge is 0.481 e. The number of ether oxygens (including phenoxy) is 1. The lowest BCUT2D eigenvalue weighted by atomic mass is 10.1. The van der Waals surface area contributed by atoms with Crippen LogP contribution in [0.1, 0.15) is 27.2 Å². The predicted octanol–water partition coefficient (Wildman–Crippen LogP) is 1.52. The highest BCUT2D eigenvalue weighted by Gasteiger charge is 2.63. The van der Waals surface area contributed by atoms with Crippen molar-refractivity contribution in [3.05, 3.63) is 0 Å². The molecule has 3 nitrogen and oxygen atoms in total. The van der Waals surface area contributed by atoms with Gasteiger partial charge in [0.25, 0.3) is 0 Å². The van der Waals surface area contributed by atoms with E-state index >= 15 is 0 Å². The van der Waals surface area contributed by atoms with Crippen LogP contribution in [-0.4, -0.2) is 23.8 Å². The first kappa shape index (κ1) is 9.52. The standard InChI is InChI=1S/C9H16O3/c1-4-5-12-7-6(8(10)11)9(7,2)3/h6-7H,4-5H2,1-3H3,(H,10,11). The van der Waals surface area contributed by atoms with Crippen molar-refractivity contribution in [1.29, 1.82) is 0 Å². The van der Waals surface area contributed by atoms with Gasteiger partial charge in [0, 0.05) is 12.0 Å². The molecule has 0 aliphatic heterocycles. The van der Waals surface area contributed by atoms with E-state index in [2.05, 4.69) is 0 Å². The third-order valence-electron chi connectivity index (χ3n) is 2.50. The van der Waals surface area contributed by atoms with Crippen LogP contribution in [0.3, 0.4) is 0 Å². The van der Waals surface area contributed by atoms with Gasteiger partial charge in [0.2, 0.25) is 0 Å². The van der Waals surface area contributed by atoms with Gasteiger partial charge >= 0.3 is 5.97 Å². The molecule has 1 saturated carbocycles. The maximum Gasteiger partial charge on any atom is 0.309 e. The minimum Gasteiger partial charge on any atom is -0.481 e. The second kappa shape index (κ2) is 3.05. The highest BCUT2D eigenvalue weighted by molar-refractivity contribution is 5.76. The van der Waals surface area contributed by atoms with Crippen LogP contribution in [-0.2, 0) is 9.53 Å². The summed E-state index contributed by atoms with van der Waals surface area (Å²) in [5.74, 6) is -1.04. The van der Waals surface area contributed by atoms with Gasteiger partial charge in [-0.1, -0.05) is 20.8 Å². The lowest BCUT2D eigenvalue weighted by Gasteiger charge is -2.01. The van der Waals surface area contributed by atoms with Crippen molar-refractivity contribution in [3.8, 4) is 0 Å². The van der Waals surface area contributed by atoms with Crippen LogP contribution < -0.4 is 0 Å². The van der Waals surface area contributed by atoms with E-state index in [4.69, 9.17) is 9.84 Å². The molecule has 12 heavy (non-hydrogen) atoms. The van der Waals surface area contributed by atoms with Gasteiger partial charge in [-0.2, -0.15) is 0 Å². The van der Waals surface area contributed by atoms with E-state index < -0.39 is 5.97 Å². The Morgan fingerprint density at radius 1 is 1.58 bits per heavy atom. The molecule has 70 valence electrons. The van der Waals surface area contributed by atoms with Gasteiger partial charge in [-0.05, 0) is 6.42 Å². The molecule has 0 aromatic carbocycles. The third-order valence-corrected chi connectivity index (χ3v) is 2.50. The molecule has 0 spiro atoms. The molecular weight excluding hydrogens is 156 g/mol. The number of carbonyl (C=O) groups is 1. The smallest absolute Gasteiger partial charge is 0.309 e. The maximum absolute atomic E-state index is 10.7. The molecule has 0 bridgehead atoms. The normalized spacial score (nSPS) is 31.6. The van der Waals surface area contributed by atoms with Crippen LogP contribution >= 0.6 is 0 Å². The Balaban J connectivity index is 2.43. The van der Waals surface area contributed by atoms with Gasteiger partial charge in [-0.3, -0.25) is 4.79 Å². The second-order valence-corrected chi connectivity index (χ2v) is 3.93. The molecule has 1 rings (SSSR count). The summed E-state index contributed by atoms with van der Waals surface area (Å²) in [4.78, 5) is 10.7. The Kier molecular flexibility index (Phi) is 2.42. The summed E-state index contributed by atoms with van der Waals surface area (Å²) >= 11 is 0. The Morgan fingerprint density at radius 2 is 2.17 bits per heavy atom. The molecule has 0 radical (unpaired) electrons. The van der Waals surface area contributed by atoms with Gasteiger partial charge in [-0.15, -0.1) is 0 Å². The highest BCUT2D eigenvalue weighted by atomic mass is 16.5. The van der Waals surface area contributed by atoms with Crippen molar-refractivity contribution in [2.24, 2.45) is 11.3 Å². The SMILES string of the molecule is CCCOC1C(C(=O)O)C1(C)C. The molecule has 2 unspecified atom stereocenters. The summed E-state index contributed by atoms with van der Waals surface area (Å²) in [6.07, 6.45) is 0.869. The van der Waals surface area contributed by atoms with E-state index in [1.54, 1.807) is 0 Å². The highest BCUT2D eigenvalue weighted by Crippen LogP contribution is 2.54. The maximum atomic E-state index is 10.7. The van der Waals surface area contributed by atoms with Crippen LogP contribution in [0.25, 0.3) is 0 Å². The zero-order valence-electron chi connectivity index (χ0n) is 7.83. The van der Waals surface area contributed by atoms with Gasteiger partial charge < -0.3 is 9.84 Å². The van der Waals surface area contributed by atoms with Crippen molar-refractivity contribution < 1.29 is 14.6 Å². The number of hydrogen-bond donors (Lipinski definition) is 1. The zero-order chi connectivity index (χ0) is 9.35. The summed E-state index contributed by atoms with van der Waals surface area (Å²) in [5, 5.41) is 8.78. The summed E-state index contributed by atoms with van der Waals surface area (Å²) in [6, 6.07) is 0. The van der Waals surface area contributed by atoms with Crippen LogP contribution in [0, 0.1) is 11.3 Å². The zero-order valence-corrected chi connectivity index (χ0v) is 7.83. The first-order valence-corrected chi connectivity index (χ1v) is 4.36. The molecule has 0 amide bonds. The second-order valence-electron chi connectivity index (χ2n) is 3.93. The molecule has 1 N–H and O–H groups in total. The molecule has 0 heterocycles. The number of carboxylic acid groups (broad SMARTS) is 1. The Labute approximate surface area is 72.7 Å². The van der Waals surface area contributed by atoms with Crippen LogP contribution in [0.5, 0.6) is 0 Å². The fourth-order valence-electron chi connectivity index (χ4n) is 1.59. The van der Waals surface area contributed by atoms with E-state index in [9.17, 15) is 4.79 Å². The average molecular weight is 172 g/mol. The summed E-state index contributed by atoms with van der Waals surface area (Å²) in [6.45, 7) is 6.56. The van der Waals surface area contributed by atoms with Crippen molar-refractivity contribution in [2.75, 3.05) is 6.61 Å². The molecule has 2 atom stereocenters. The summed E-state index contributed by atoms with van der Waals surface area (Å²) in [5.41, 5.74) is -0.166. The van der Waals surface area contributed by atoms with Crippen LogP contribution in [0.15, 0.2) is 0 Å². The number of carboxylic acids is 1. The minimum absolute atomic E-state index is 0.0741. The fourth-order valence-corrected chi connectivity index (χ4v) is 1.59. The van der Waals surface area contributed by atoms with E-state index in [1.807, 2.05) is 20.8 Å². The van der Waals surface area contributed by atoms with E-state index in [1.165, 1.54) is 0 Å². The van der Waals surface area contributed by atoms with Crippen molar-refractivity contribution in [1.82, 2.24) is 0 Å². The lowest BCUT2D eigenvalue weighted by molar-refractivity contribution is -0.140. The van der Waals surface area contributed by atoms with Crippen molar-refractivity contribution >= 4 is 5.97 Å². The molecule has 3 heteroatoms. The molecular formula is C9H16O3. The summed E-state index contributed by atoms with van der Waals surface area (Å²) < 4.78 is 5.41. The van der Waals surface area contributed by atoms with Gasteiger partial charge in [0.05, 0.1) is 12.0 Å². The number of rotatable bonds is 4. The first-order chi connectivity index (χ1) is 5.51. The Hall–Kier alpha value is -0.570. The lowest BCUT2D eigenvalue weighted by Crippen LogP contribution is -2.05. The first-order valence-electron chi connectivity index (χ1n) is 4.36. The topological polar surface area (TPSA) is 46.5 Å². The van der Waals surface area contributed by atoms with E-state index in [0.29, 0.717) is 6.61 Å². The number of aliphatic carboxylic acids is 1. The van der Waals surface area contributed by atoms with Crippen LogP contribution in [0.2, 0.25) is 0 Å². The summed E-state index contributed by atoms with van der Waals surface area (Å²) in [7, 11) is 0. The van der Waals surface area contributed by atoms with E-state index in [0.717, 1.165) is 6.42 Å². The number of hydrogen-bond acceptors (Lipinski definition) is 2. The van der Waals surface area contributed by atoms with Gasteiger partial charge in [0.15, 0.2) is 0 Å². The average Bonchev–Trinajstić information content (AvgIpc) is 2.49. The van der Waals surface area contributed by atoms with E-state index in [-0.39, 0.29) is 17.4 Å². The minimum atomic E-state index is -0.735. The Bertz CT molecular complexity index is 186. The molecule has 1 fully saturated rings. The van der Waals surface area contributed by atoms with Crippen LogP contribution in [0.4, 0.5) is 0 Å². The predicted molar refractivity (Wildman–Crippen MR) is 44.9 cm³/mol. The van der Waals surface area contributed by atoms with Gasteiger partial charge in [0.1, 0.15) is 0 Å². The quantitative estimate of drug-likeness (QED) is 0.699. The molecule has 0 aromatic rings. The monoisotopic (exact) mass is 172 g/mol. The molecule has 0 saturated heterocycles. The van der Waals surface area contributed by atoms with Crippen molar-refractivity contribution in [3.63, 3.8) is 0 Å². The van der Waals surface area contributed by atoms with Crippen molar-refractivity contribution in [2.45, 2.75) is 33.3 Å². The molecule has 0 aromatic heterocycles. The third kappa shape index (κ3) is 1.46. The fraction of sp³-hybridized carbons (Fsp3) is 0.889. The Morgan fingerprint density at radius 3 is 2.50 bits per heavy atom. The van der Waals surface area contributed by atoms with Gasteiger partial charge in [-0.25, -0.2) is 0 Å². The molecule has 1 aliphatic rings.